The zero-order chi connectivity index (χ0) is 21.0. The maximum Gasteiger partial charge on any atom is 0.257 e. The highest BCUT2D eigenvalue weighted by Crippen LogP contribution is 2.34. The van der Waals surface area contributed by atoms with Crippen LogP contribution in [-0.2, 0) is 26.2 Å². The Labute approximate surface area is 174 Å². The number of benzene rings is 2. The van der Waals surface area contributed by atoms with E-state index in [1.165, 1.54) is 12.1 Å². The van der Waals surface area contributed by atoms with Crippen LogP contribution in [-0.4, -0.2) is 38.2 Å². The smallest absolute Gasteiger partial charge is 0.257 e. The van der Waals surface area contributed by atoms with Crippen molar-refractivity contribution in [3.05, 3.63) is 59.4 Å². The first kappa shape index (κ1) is 20.3. The van der Waals surface area contributed by atoms with Crippen molar-refractivity contribution >= 4 is 17.5 Å². The Balaban J connectivity index is 1.35. The number of aryl methyl sites for hydroxylation is 1. The van der Waals surface area contributed by atoms with Crippen LogP contribution >= 0.6 is 0 Å². The molecule has 0 saturated carbocycles. The fourth-order valence-corrected chi connectivity index (χ4v) is 4.05. The molecule has 0 bridgehead atoms. The van der Waals surface area contributed by atoms with Gasteiger partial charge in [-0.25, -0.2) is 4.39 Å². The van der Waals surface area contributed by atoms with E-state index in [0.717, 1.165) is 29.7 Å². The number of hydrogen-bond acceptors (Lipinski definition) is 4. The number of anilines is 1. The molecule has 7 heteroatoms. The van der Waals surface area contributed by atoms with Crippen molar-refractivity contribution in [3.63, 3.8) is 0 Å². The molecular formula is C23H25FN2O4. The van der Waals surface area contributed by atoms with Gasteiger partial charge in [-0.15, -0.1) is 0 Å². The normalized spacial score (nSPS) is 17.6. The fraction of sp³-hybridized carbons (Fsp3) is 0.391. The molecule has 0 unspecified atom stereocenters. The van der Waals surface area contributed by atoms with Gasteiger partial charge in [0.2, 0.25) is 5.91 Å². The molecule has 2 amide bonds. The second kappa shape index (κ2) is 8.83. The standard InChI is InChI=1S/C23H25FN2O4/c24-18-4-2-17(3-5-18)23(9-11-29-12-10-23)15-25-22(28)14-30-19-6-7-20-16(13-19)1-8-21(27)26-20/h2-7,13H,1,8-12,14-15H2,(H,25,28)(H,26,27). The predicted molar refractivity (Wildman–Crippen MR) is 110 cm³/mol. The van der Waals surface area contributed by atoms with Gasteiger partial charge in [0.15, 0.2) is 6.61 Å². The number of hydrogen-bond donors (Lipinski definition) is 2. The highest BCUT2D eigenvalue weighted by Gasteiger charge is 2.35. The Morgan fingerprint density at radius 3 is 2.67 bits per heavy atom. The zero-order valence-electron chi connectivity index (χ0n) is 16.7. The van der Waals surface area contributed by atoms with Crippen LogP contribution in [0.2, 0.25) is 0 Å². The molecule has 0 aliphatic carbocycles. The molecule has 0 spiro atoms. The Morgan fingerprint density at radius 1 is 1.13 bits per heavy atom. The van der Waals surface area contributed by atoms with Crippen molar-refractivity contribution in [1.29, 1.82) is 0 Å². The summed E-state index contributed by atoms with van der Waals surface area (Å²) in [6, 6.07) is 11.9. The summed E-state index contributed by atoms with van der Waals surface area (Å²) >= 11 is 0. The lowest BCUT2D eigenvalue weighted by molar-refractivity contribution is -0.123. The minimum absolute atomic E-state index is 0.0127. The first-order chi connectivity index (χ1) is 14.5. The second-order valence-electron chi connectivity index (χ2n) is 7.83. The van der Waals surface area contributed by atoms with Crippen LogP contribution in [0.1, 0.15) is 30.4 Å². The Kier molecular flexibility index (Phi) is 5.99. The molecule has 30 heavy (non-hydrogen) atoms. The lowest BCUT2D eigenvalue weighted by Gasteiger charge is -2.38. The van der Waals surface area contributed by atoms with E-state index in [2.05, 4.69) is 10.6 Å². The molecule has 2 aliphatic heterocycles. The van der Waals surface area contributed by atoms with Crippen LogP contribution in [0, 0.1) is 5.82 Å². The zero-order valence-corrected chi connectivity index (χ0v) is 16.7. The molecular weight excluding hydrogens is 387 g/mol. The van der Waals surface area contributed by atoms with E-state index < -0.39 is 0 Å². The topological polar surface area (TPSA) is 76.7 Å². The number of nitrogens with one attached hydrogen (secondary N) is 2. The van der Waals surface area contributed by atoms with Gasteiger partial charge in [-0.2, -0.15) is 0 Å². The summed E-state index contributed by atoms with van der Waals surface area (Å²) < 4.78 is 24.5. The number of halogens is 1. The van der Waals surface area contributed by atoms with Gasteiger partial charge < -0.3 is 20.1 Å². The van der Waals surface area contributed by atoms with Gasteiger partial charge >= 0.3 is 0 Å². The molecule has 2 aliphatic rings. The number of ether oxygens (including phenoxy) is 2. The molecule has 0 atom stereocenters. The van der Waals surface area contributed by atoms with E-state index in [1.54, 1.807) is 24.3 Å². The summed E-state index contributed by atoms with van der Waals surface area (Å²) in [5.41, 5.74) is 2.53. The van der Waals surface area contributed by atoms with E-state index in [0.29, 0.717) is 38.3 Å². The van der Waals surface area contributed by atoms with E-state index in [-0.39, 0.29) is 29.7 Å². The molecule has 1 saturated heterocycles. The van der Waals surface area contributed by atoms with Gasteiger partial charge in [-0.1, -0.05) is 12.1 Å². The summed E-state index contributed by atoms with van der Waals surface area (Å²) in [6.07, 6.45) is 2.63. The highest BCUT2D eigenvalue weighted by molar-refractivity contribution is 5.94. The van der Waals surface area contributed by atoms with Crippen LogP contribution in [0.5, 0.6) is 5.75 Å². The average Bonchev–Trinajstić information content (AvgIpc) is 2.77. The SMILES string of the molecule is O=C(COc1ccc2c(c1)CCC(=O)N2)NCC1(c2ccc(F)cc2)CCOCC1. The minimum Gasteiger partial charge on any atom is -0.484 e. The van der Waals surface area contributed by atoms with Crippen molar-refractivity contribution in [2.24, 2.45) is 0 Å². The van der Waals surface area contributed by atoms with Gasteiger partial charge in [0, 0.05) is 37.3 Å². The van der Waals surface area contributed by atoms with Crippen molar-refractivity contribution in [3.8, 4) is 5.75 Å². The third-order valence-electron chi connectivity index (χ3n) is 5.87. The summed E-state index contributed by atoms with van der Waals surface area (Å²) in [6.45, 7) is 1.56. The third-order valence-corrected chi connectivity index (χ3v) is 5.87. The third kappa shape index (κ3) is 4.62. The van der Waals surface area contributed by atoms with Crippen molar-refractivity contribution < 1.29 is 23.5 Å². The number of rotatable bonds is 6. The van der Waals surface area contributed by atoms with Gasteiger partial charge in [0.1, 0.15) is 11.6 Å². The molecule has 0 radical (unpaired) electrons. The Hall–Kier alpha value is -2.93. The molecule has 2 heterocycles. The van der Waals surface area contributed by atoms with E-state index in [4.69, 9.17) is 9.47 Å². The van der Waals surface area contributed by atoms with Crippen LogP contribution in [0.15, 0.2) is 42.5 Å². The number of amides is 2. The molecule has 6 nitrogen and oxygen atoms in total. The monoisotopic (exact) mass is 412 g/mol. The molecule has 2 N–H and O–H groups in total. The van der Waals surface area contributed by atoms with E-state index >= 15 is 0 Å². The van der Waals surface area contributed by atoms with Crippen LogP contribution in [0.3, 0.4) is 0 Å². The lowest BCUT2D eigenvalue weighted by atomic mass is 9.74. The van der Waals surface area contributed by atoms with Gasteiger partial charge in [-0.05, 0) is 60.7 Å². The molecule has 4 rings (SSSR count). The number of carbonyl (C=O) groups is 2. The van der Waals surface area contributed by atoms with Crippen LogP contribution in [0.4, 0.5) is 10.1 Å². The minimum atomic E-state index is -0.275. The lowest BCUT2D eigenvalue weighted by Crippen LogP contribution is -2.45. The molecule has 0 aromatic heterocycles. The van der Waals surface area contributed by atoms with Crippen molar-refractivity contribution in [2.45, 2.75) is 31.1 Å². The van der Waals surface area contributed by atoms with Gasteiger partial charge in [-0.3, -0.25) is 9.59 Å². The summed E-state index contributed by atoms with van der Waals surface area (Å²) in [5, 5.41) is 5.80. The van der Waals surface area contributed by atoms with Gasteiger partial charge in [0.05, 0.1) is 0 Å². The van der Waals surface area contributed by atoms with E-state index in [1.807, 2.05) is 6.07 Å². The maximum atomic E-state index is 13.3. The van der Waals surface area contributed by atoms with Crippen LogP contribution < -0.4 is 15.4 Å². The van der Waals surface area contributed by atoms with Gasteiger partial charge in [0.25, 0.3) is 5.91 Å². The first-order valence-electron chi connectivity index (χ1n) is 10.2. The highest BCUT2D eigenvalue weighted by atomic mass is 19.1. The summed E-state index contributed by atoms with van der Waals surface area (Å²) in [4.78, 5) is 23.9. The maximum absolute atomic E-state index is 13.3. The fourth-order valence-electron chi connectivity index (χ4n) is 4.05. The summed E-state index contributed by atoms with van der Waals surface area (Å²) in [7, 11) is 0. The van der Waals surface area contributed by atoms with Crippen LogP contribution in [0.25, 0.3) is 0 Å². The van der Waals surface area contributed by atoms with Crippen molar-refractivity contribution in [2.75, 3.05) is 31.7 Å². The Morgan fingerprint density at radius 2 is 1.90 bits per heavy atom. The largest absolute Gasteiger partial charge is 0.484 e. The van der Waals surface area contributed by atoms with Crippen molar-refractivity contribution in [1.82, 2.24) is 5.32 Å². The predicted octanol–water partition coefficient (Wildman–Crippen LogP) is 2.95. The molecule has 1 fully saturated rings. The summed E-state index contributed by atoms with van der Waals surface area (Å²) in [5.74, 6) is 0.120. The average molecular weight is 412 g/mol. The first-order valence-corrected chi connectivity index (χ1v) is 10.2. The molecule has 158 valence electrons. The quantitative estimate of drug-likeness (QED) is 0.765. The van der Waals surface area contributed by atoms with E-state index in [9.17, 15) is 14.0 Å². The second-order valence-corrected chi connectivity index (χ2v) is 7.83. The molecule has 2 aromatic carbocycles. The Bertz CT molecular complexity index is 923. The number of carbonyl (C=O) groups excluding carboxylic acids is 2. The molecule has 2 aromatic rings. The number of fused-ring (bicyclic) bond motifs is 1.